The van der Waals surface area contributed by atoms with Crippen LogP contribution in [-0.4, -0.2) is 18.3 Å². The Hall–Kier alpha value is -1.18. The predicted molar refractivity (Wildman–Crippen MR) is 65.7 cm³/mol. The quantitative estimate of drug-likeness (QED) is 0.352. The molecule has 1 aliphatic rings. The van der Waals surface area contributed by atoms with Gasteiger partial charge in [-0.05, 0) is 0 Å². The van der Waals surface area contributed by atoms with E-state index in [0.717, 1.165) is 0 Å². The third-order valence-corrected chi connectivity index (χ3v) is 6.75. The first-order valence-electron chi connectivity index (χ1n) is 5.53. The van der Waals surface area contributed by atoms with Gasteiger partial charge in [-0.25, -0.2) is 0 Å². The average Bonchev–Trinajstić information content (AvgIpc) is 2.62. The van der Waals surface area contributed by atoms with Crippen molar-refractivity contribution in [3.8, 4) is 0 Å². The first-order chi connectivity index (χ1) is 10.3. The number of benzene rings is 1. The fraction of sp³-hybridized carbons (Fsp3) is 0.364. The number of carbonyl (C=O) groups excluding carboxylic acids is 1. The monoisotopic (exact) mass is 464 g/mol. The summed E-state index contributed by atoms with van der Waals surface area (Å²) in [6, 6.07) is -0.0145. The minimum atomic E-state index is -6.08. The zero-order valence-electron chi connectivity index (χ0n) is 10.8. The molecule has 0 bridgehead atoms. The molecule has 3 nitrogen and oxygen atoms in total. The molecular formula is C11H5F8IO3. The van der Waals surface area contributed by atoms with Crippen LogP contribution in [0.2, 0.25) is 0 Å². The molecule has 1 aromatic rings. The van der Waals surface area contributed by atoms with Gasteiger partial charge in [0.25, 0.3) is 0 Å². The second-order valence-corrected chi connectivity index (χ2v) is 7.49. The van der Waals surface area contributed by atoms with E-state index in [1.54, 1.807) is 0 Å². The molecule has 0 aromatic heterocycles. The fourth-order valence-electron chi connectivity index (χ4n) is 1.86. The summed E-state index contributed by atoms with van der Waals surface area (Å²) < 4.78 is 113. The zero-order chi connectivity index (χ0) is 17.8. The summed E-state index contributed by atoms with van der Waals surface area (Å²) in [7, 11) is 0. The summed E-state index contributed by atoms with van der Waals surface area (Å²) in [5.41, 5.74) is -6.72. The Balaban J connectivity index is 2.81. The molecule has 0 fully saturated rings. The van der Waals surface area contributed by atoms with E-state index in [1.807, 2.05) is 0 Å². The van der Waals surface area contributed by atoms with E-state index in [4.69, 9.17) is 0 Å². The van der Waals surface area contributed by atoms with Crippen molar-refractivity contribution in [1.29, 1.82) is 0 Å². The van der Waals surface area contributed by atoms with Crippen molar-refractivity contribution in [3.63, 3.8) is 0 Å². The Morgan fingerprint density at radius 2 is 1.65 bits per heavy atom. The van der Waals surface area contributed by atoms with Crippen molar-refractivity contribution >= 4 is 26.6 Å². The SMILES string of the molecule is CC(=O)OI1OC(C(F)(F)F)(C(F)(F)F)c2cc(F)cc(F)c21. The summed E-state index contributed by atoms with van der Waals surface area (Å²) >= 11 is -4.46. The van der Waals surface area contributed by atoms with E-state index in [0.29, 0.717) is 6.92 Å². The Morgan fingerprint density at radius 3 is 2.09 bits per heavy atom. The third-order valence-electron chi connectivity index (χ3n) is 2.69. The molecule has 1 heterocycles. The summed E-state index contributed by atoms with van der Waals surface area (Å²) in [5.74, 6) is -4.59. The predicted octanol–water partition coefficient (Wildman–Crippen LogP) is 4.38. The Bertz CT molecular complexity index is 640. The van der Waals surface area contributed by atoms with Gasteiger partial charge in [-0.15, -0.1) is 0 Å². The molecule has 0 unspecified atom stereocenters. The molecule has 1 aromatic carbocycles. The second kappa shape index (κ2) is 5.43. The van der Waals surface area contributed by atoms with Crippen molar-refractivity contribution in [2.75, 3.05) is 0 Å². The molecule has 0 aliphatic carbocycles. The van der Waals surface area contributed by atoms with Crippen LogP contribution in [0.5, 0.6) is 0 Å². The molecule has 0 spiro atoms. The van der Waals surface area contributed by atoms with Crippen LogP contribution in [0.15, 0.2) is 12.1 Å². The van der Waals surface area contributed by atoms with Gasteiger partial charge in [-0.2, -0.15) is 0 Å². The van der Waals surface area contributed by atoms with E-state index < -0.39 is 65.3 Å². The number of rotatable bonds is 1. The third kappa shape index (κ3) is 2.75. The van der Waals surface area contributed by atoms with E-state index in [1.165, 1.54) is 0 Å². The van der Waals surface area contributed by atoms with Crippen LogP contribution in [0.1, 0.15) is 12.5 Å². The summed E-state index contributed by atoms with van der Waals surface area (Å²) in [4.78, 5) is 10.9. The van der Waals surface area contributed by atoms with Gasteiger partial charge in [0.15, 0.2) is 0 Å². The number of halogens is 9. The van der Waals surface area contributed by atoms with Gasteiger partial charge in [0.2, 0.25) is 0 Å². The fourth-order valence-corrected chi connectivity index (χ4v) is 5.88. The molecule has 0 amide bonds. The Kier molecular flexibility index (Phi) is 4.29. The van der Waals surface area contributed by atoms with Crippen molar-refractivity contribution in [2.45, 2.75) is 24.9 Å². The summed E-state index contributed by atoms with van der Waals surface area (Å²) in [6.07, 6.45) is -12.2. The topological polar surface area (TPSA) is 35.5 Å². The Morgan fingerprint density at radius 1 is 1.13 bits per heavy atom. The van der Waals surface area contributed by atoms with Crippen LogP contribution < -0.4 is 0 Å². The van der Waals surface area contributed by atoms with Crippen LogP contribution in [0.4, 0.5) is 35.1 Å². The molecule has 0 atom stereocenters. The van der Waals surface area contributed by atoms with Crippen molar-refractivity contribution in [1.82, 2.24) is 0 Å². The average molecular weight is 464 g/mol. The van der Waals surface area contributed by atoms with Gasteiger partial charge < -0.3 is 0 Å². The normalized spacial score (nSPS) is 18.7. The van der Waals surface area contributed by atoms with E-state index in [9.17, 15) is 39.9 Å². The van der Waals surface area contributed by atoms with Crippen LogP contribution in [-0.2, 0) is 16.5 Å². The van der Waals surface area contributed by atoms with Crippen molar-refractivity contribution in [2.24, 2.45) is 0 Å². The van der Waals surface area contributed by atoms with Crippen molar-refractivity contribution < 1.29 is 46.1 Å². The molecule has 1 aliphatic heterocycles. The summed E-state index contributed by atoms with van der Waals surface area (Å²) in [6.45, 7) is 0.711. The van der Waals surface area contributed by atoms with Crippen LogP contribution in [0, 0.1) is 15.2 Å². The minimum absolute atomic E-state index is 0.0962. The molecular weight excluding hydrogens is 459 g/mol. The molecule has 130 valence electrons. The molecule has 2 rings (SSSR count). The number of hydrogen-bond acceptors (Lipinski definition) is 3. The summed E-state index contributed by atoms with van der Waals surface area (Å²) in [5, 5.41) is 0. The first-order valence-corrected chi connectivity index (χ1v) is 8.37. The molecule has 0 radical (unpaired) electrons. The molecule has 0 N–H and O–H groups in total. The van der Waals surface area contributed by atoms with Crippen LogP contribution >= 0.6 is 20.6 Å². The number of carbonyl (C=O) groups is 1. The number of fused-ring (bicyclic) bond motifs is 1. The molecule has 12 heteroatoms. The zero-order valence-corrected chi connectivity index (χ0v) is 12.9. The van der Waals surface area contributed by atoms with E-state index in [-0.39, 0.29) is 12.1 Å². The molecule has 0 saturated heterocycles. The van der Waals surface area contributed by atoms with Crippen LogP contribution in [0.3, 0.4) is 0 Å². The maximum absolute atomic E-state index is 13.8. The standard InChI is InChI=1S/C11H5F8IO3/c1-4(21)22-20-8-6(2-5(12)3-7(8)13)9(23-20,10(14,15)16)11(17,18)19/h2-3H,1H3. The van der Waals surface area contributed by atoms with Gasteiger partial charge >= 0.3 is 130 Å². The van der Waals surface area contributed by atoms with Gasteiger partial charge in [0, 0.05) is 0 Å². The van der Waals surface area contributed by atoms with E-state index in [2.05, 4.69) is 6.13 Å². The van der Waals surface area contributed by atoms with Crippen LogP contribution in [0.25, 0.3) is 0 Å². The Labute approximate surface area is 131 Å². The van der Waals surface area contributed by atoms with Crippen molar-refractivity contribution in [3.05, 3.63) is 32.9 Å². The molecule has 0 saturated carbocycles. The van der Waals surface area contributed by atoms with Gasteiger partial charge in [0.05, 0.1) is 0 Å². The number of hydrogen-bond donors (Lipinski definition) is 0. The van der Waals surface area contributed by atoms with Gasteiger partial charge in [0.1, 0.15) is 0 Å². The van der Waals surface area contributed by atoms with Gasteiger partial charge in [-0.3, -0.25) is 0 Å². The van der Waals surface area contributed by atoms with E-state index >= 15 is 0 Å². The number of alkyl halides is 6. The maximum atomic E-state index is 13.8. The molecule has 23 heavy (non-hydrogen) atoms. The first kappa shape index (κ1) is 18.2. The van der Waals surface area contributed by atoms with Gasteiger partial charge in [-0.1, -0.05) is 0 Å². The second-order valence-electron chi connectivity index (χ2n) is 4.29.